The van der Waals surface area contributed by atoms with E-state index in [1.165, 1.54) is 0 Å². The van der Waals surface area contributed by atoms with Crippen molar-refractivity contribution in [3.8, 4) is 0 Å². The van der Waals surface area contributed by atoms with Crippen LogP contribution in [0.5, 0.6) is 0 Å². The minimum absolute atomic E-state index is 0.0483. The lowest BCUT2D eigenvalue weighted by molar-refractivity contribution is -0.145. The predicted molar refractivity (Wildman–Crippen MR) is 184 cm³/mol. The Morgan fingerprint density at radius 2 is 1.29 bits per heavy atom. The van der Waals surface area contributed by atoms with Crippen molar-refractivity contribution in [3.63, 3.8) is 0 Å². The topological polar surface area (TPSA) is 262 Å². The summed E-state index contributed by atoms with van der Waals surface area (Å²) in [4.78, 5) is 96.1. The van der Waals surface area contributed by atoms with Gasteiger partial charge in [-0.25, -0.2) is 9.59 Å². The van der Waals surface area contributed by atoms with Crippen LogP contribution in [0.15, 0.2) is 70.9 Å². The van der Waals surface area contributed by atoms with E-state index in [0.717, 1.165) is 17.1 Å². The molecule has 0 radical (unpaired) electrons. The van der Waals surface area contributed by atoms with E-state index < -0.39 is 78.1 Å². The number of hydrogen-bond donors (Lipinski definition) is 6. The molecule has 0 aromatic heterocycles. The van der Waals surface area contributed by atoms with Gasteiger partial charge >= 0.3 is 18.0 Å². The van der Waals surface area contributed by atoms with Gasteiger partial charge in [-0.2, -0.15) is 10.2 Å². The van der Waals surface area contributed by atoms with Gasteiger partial charge in [-0.15, -0.1) is 0 Å². The smallest absolute Gasteiger partial charge is 0.408 e. The van der Waals surface area contributed by atoms with Gasteiger partial charge in [0.1, 0.15) is 18.2 Å². The molecule has 6 N–H and O–H groups in total. The second-order valence-electron chi connectivity index (χ2n) is 12.5. The number of benzene rings is 2. The van der Waals surface area contributed by atoms with E-state index in [4.69, 9.17) is 4.74 Å². The maximum absolute atomic E-state index is 12.3. The number of aliphatic carboxylic acids is 2. The number of ether oxygens (including phenoxy) is 1. The average Bonchev–Trinajstić information content (AvgIpc) is 3.37. The van der Waals surface area contributed by atoms with E-state index in [9.17, 15) is 48.6 Å². The number of nitrogens with one attached hydrogen (secondary N) is 4. The first-order valence-corrected chi connectivity index (χ1v) is 16.0. The Kier molecular flexibility index (Phi) is 14.2. The van der Waals surface area contributed by atoms with Crippen LogP contribution < -0.4 is 21.3 Å². The van der Waals surface area contributed by atoms with Gasteiger partial charge in [-0.3, -0.25) is 33.7 Å². The lowest BCUT2D eigenvalue weighted by Crippen LogP contribution is -2.45. The summed E-state index contributed by atoms with van der Waals surface area (Å²) in [6.07, 6.45) is 0.692. The van der Waals surface area contributed by atoms with Crippen molar-refractivity contribution in [3.05, 3.63) is 60.7 Å². The normalized spacial score (nSPS) is 13.7. The van der Waals surface area contributed by atoms with Crippen molar-refractivity contribution in [1.29, 1.82) is 0 Å². The van der Waals surface area contributed by atoms with Gasteiger partial charge in [-0.05, 0) is 88.6 Å². The fraction of sp³-hybridized carbons (Fsp3) is 0.353. The van der Waals surface area contributed by atoms with Crippen molar-refractivity contribution in [2.24, 2.45) is 16.1 Å². The van der Waals surface area contributed by atoms with Gasteiger partial charge in [0.15, 0.2) is 0 Å². The zero-order valence-electron chi connectivity index (χ0n) is 28.6. The highest BCUT2D eigenvalue weighted by atomic mass is 16.6. The summed E-state index contributed by atoms with van der Waals surface area (Å²) in [6.45, 7) is 4.01. The molecule has 0 saturated carbocycles. The summed E-state index contributed by atoms with van der Waals surface area (Å²) in [5.74, 6) is -6.57. The number of alkyl carbamates (subject to hydrolysis) is 1. The highest BCUT2D eigenvalue weighted by Gasteiger charge is 2.30. The Bertz CT molecular complexity index is 1720. The first kappa shape index (κ1) is 40.0. The van der Waals surface area contributed by atoms with Gasteiger partial charge < -0.3 is 36.2 Å². The van der Waals surface area contributed by atoms with E-state index in [1.807, 2.05) is 0 Å². The molecule has 0 aliphatic carbocycles. The molecule has 2 aromatic carbocycles. The molecule has 0 unspecified atom stereocenters. The van der Waals surface area contributed by atoms with Gasteiger partial charge in [0.2, 0.25) is 17.7 Å². The molecule has 276 valence electrons. The number of imide groups is 1. The zero-order valence-corrected chi connectivity index (χ0v) is 28.6. The van der Waals surface area contributed by atoms with Crippen molar-refractivity contribution < 1.29 is 53.3 Å². The molecular formula is C34H39N7O11. The van der Waals surface area contributed by atoms with Crippen molar-refractivity contribution >= 4 is 70.3 Å². The first-order chi connectivity index (χ1) is 24.5. The van der Waals surface area contributed by atoms with Crippen LogP contribution >= 0.6 is 0 Å². The monoisotopic (exact) mass is 721 g/mol. The van der Waals surface area contributed by atoms with Crippen LogP contribution in [0.4, 0.5) is 27.5 Å². The molecule has 1 aliphatic rings. The standard InChI is InChI=1S/C34H39N7O11/c1-34(2,3)52-33(51)38-25(32(49)50)17-20(31(47)48)5-4-6-26(42)35-18-27(43)36-21-7-11-23(12-8-21)39-40-24-13-9-22(10-14-24)37-28(44)19-41-29(45)15-16-30(41)46/h7-16,20,25H,4-6,17-19H2,1-3H3,(H,35,42)(H,36,43)(H,37,44)(H,38,51)(H,47,48)(H,49,50)/b40-39+/t20-,25+/m1/s1. The van der Waals surface area contributed by atoms with Crippen LogP contribution in [0, 0.1) is 5.92 Å². The number of hydrogen-bond acceptors (Lipinski definition) is 11. The molecule has 0 bridgehead atoms. The lowest BCUT2D eigenvalue weighted by atomic mass is 9.94. The second-order valence-corrected chi connectivity index (χ2v) is 12.5. The average molecular weight is 722 g/mol. The summed E-state index contributed by atoms with van der Waals surface area (Å²) in [6, 6.07) is 11.2. The lowest BCUT2D eigenvalue weighted by Gasteiger charge is -2.23. The quantitative estimate of drug-likeness (QED) is 0.102. The van der Waals surface area contributed by atoms with Crippen LogP contribution in [-0.4, -0.2) is 87.4 Å². The molecule has 18 heteroatoms. The van der Waals surface area contributed by atoms with Gasteiger partial charge in [-0.1, -0.05) is 0 Å². The fourth-order valence-corrected chi connectivity index (χ4v) is 4.55. The van der Waals surface area contributed by atoms with Crippen LogP contribution in [0.25, 0.3) is 0 Å². The molecular weight excluding hydrogens is 682 g/mol. The maximum Gasteiger partial charge on any atom is 0.408 e. The van der Waals surface area contributed by atoms with E-state index in [1.54, 1.807) is 69.3 Å². The van der Waals surface area contributed by atoms with E-state index in [-0.39, 0.29) is 25.8 Å². The van der Waals surface area contributed by atoms with Gasteiger partial charge in [0.05, 0.1) is 23.8 Å². The van der Waals surface area contributed by atoms with Crippen molar-refractivity contribution in [1.82, 2.24) is 15.5 Å². The second kappa shape index (κ2) is 18.5. The van der Waals surface area contributed by atoms with Crippen LogP contribution in [0.1, 0.15) is 46.5 Å². The predicted octanol–water partition coefficient (Wildman–Crippen LogP) is 3.26. The summed E-state index contributed by atoms with van der Waals surface area (Å²) in [7, 11) is 0. The van der Waals surface area contributed by atoms with Gasteiger partial charge in [0.25, 0.3) is 11.8 Å². The Labute approximate surface area is 297 Å². The number of anilines is 2. The first-order valence-electron chi connectivity index (χ1n) is 16.0. The number of carboxylic acids is 2. The van der Waals surface area contributed by atoms with Crippen LogP contribution in [0.3, 0.4) is 0 Å². The fourth-order valence-electron chi connectivity index (χ4n) is 4.55. The number of azo groups is 1. The molecule has 6 amide bonds. The highest BCUT2D eigenvalue weighted by molar-refractivity contribution is 6.15. The number of carboxylic acid groups (broad SMARTS) is 2. The third-order valence-corrected chi connectivity index (χ3v) is 7.05. The van der Waals surface area contributed by atoms with E-state index in [0.29, 0.717) is 22.7 Å². The minimum Gasteiger partial charge on any atom is -0.481 e. The molecule has 0 fully saturated rings. The number of rotatable bonds is 17. The zero-order chi connectivity index (χ0) is 38.4. The number of carbonyl (C=O) groups excluding carboxylic acids is 6. The van der Waals surface area contributed by atoms with E-state index in [2.05, 4.69) is 31.5 Å². The molecule has 18 nitrogen and oxygen atoms in total. The number of amides is 6. The number of carbonyl (C=O) groups is 8. The minimum atomic E-state index is -1.51. The Hall–Kier alpha value is -6.46. The molecule has 1 aliphatic heterocycles. The highest BCUT2D eigenvalue weighted by Crippen LogP contribution is 2.22. The SMILES string of the molecule is CC(C)(C)OC(=O)N[C@@H](C[C@@H](CCCC(=O)NCC(=O)Nc1ccc(/N=N/c2ccc(NC(=O)CN3C(=O)C=CC3=O)cc2)cc1)C(=O)O)C(=O)O. The molecule has 52 heavy (non-hydrogen) atoms. The van der Waals surface area contributed by atoms with Gasteiger partial charge in [0, 0.05) is 29.9 Å². The van der Waals surface area contributed by atoms with E-state index >= 15 is 0 Å². The van der Waals surface area contributed by atoms with Crippen molar-refractivity contribution in [2.75, 3.05) is 23.7 Å². The molecule has 1 heterocycles. The summed E-state index contributed by atoms with van der Waals surface area (Å²) < 4.78 is 5.04. The molecule has 0 spiro atoms. The third kappa shape index (κ3) is 13.8. The Morgan fingerprint density at radius 3 is 1.77 bits per heavy atom. The third-order valence-electron chi connectivity index (χ3n) is 7.05. The molecule has 3 rings (SSSR count). The Balaban J connectivity index is 1.38. The molecule has 2 atom stereocenters. The van der Waals surface area contributed by atoms with Crippen LogP contribution in [0.2, 0.25) is 0 Å². The Morgan fingerprint density at radius 1 is 0.769 bits per heavy atom. The summed E-state index contributed by atoms with van der Waals surface area (Å²) in [5.41, 5.74) is 0.901. The summed E-state index contributed by atoms with van der Waals surface area (Å²) in [5, 5.41) is 37.0. The molecule has 0 saturated heterocycles. The largest absolute Gasteiger partial charge is 0.481 e. The summed E-state index contributed by atoms with van der Waals surface area (Å²) >= 11 is 0. The maximum atomic E-state index is 12.3. The van der Waals surface area contributed by atoms with Crippen LogP contribution in [-0.2, 0) is 38.3 Å². The van der Waals surface area contributed by atoms with Crippen molar-refractivity contribution in [2.45, 2.75) is 58.1 Å². The molecule has 2 aromatic rings. The number of nitrogens with zero attached hydrogens (tertiary/aromatic N) is 3.